The van der Waals surface area contributed by atoms with E-state index in [-0.39, 0.29) is 23.2 Å². The van der Waals surface area contributed by atoms with E-state index in [1.54, 1.807) is 18.2 Å². The number of piperidine rings is 1. The van der Waals surface area contributed by atoms with Crippen LogP contribution in [0.4, 0.5) is 8.78 Å². The first-order chi connectivity index (χ1) is 13.4. The fraction of sp³-hybridized carbons (Fsp3) is 0.400. The lowest BCUT2D eigenvalue weighted by molar-refractivity contribution is 0.00698. The molecule has 0 N–H and O–H groups in total. The Labute approximate surface area is 163 Å². The lowest BCUT2D eigenvalue weighted by Crippen LogP contribution is -2.41. The number of benzene rings is 2. The predicted octanol–water partition coefficient (Wildman–Crippen LogP) is 3.35. The van der Waals surface area contributed by atoms with Gasteiger partial charge in [-0.1, -0.05) is 18.2 Å². The van der Waals surface area contributed by atoms with Gasteiger partial charge in [0.25, 0.3) is 0 Å². The summed E-state index contributed by atoms with van der Waals surface area (Å²) >= 11 is 0. The zero-order chi connectivity index (χ0) is 20.0. The van der Waals surface area contributed by atoms with Gasteiger partial charge < -0.3 is 9.47 Å². The summed E-state index contributed by atoms with van der Waals surface area (Å²) in [6, 6.07) is 11.7. The van der Waals surface area contributed by atoms with Crippen LogP contribution in [-0.2, 0) is 20.5 Å². The van der Waals surface area contributed by atoms with Gasteiger partial charge in [0.05, 0.1) is 18.5 Å². The number of hydrogen-bond acceptors (Lipinski definition) is 4. The minimum absolute atomic E-state index is 0.0447. The summed E-state index contributed by atoms with van der Waals surface area (Å²) in [5.74, 6) is -0.596. The maximum atomic E-state index is 13.7. The Hall–Kier alpha value is -2.03. The number of rotatable bonds is 8. The van der Waals surface area contributed by atoms with Crippen LogP contribution in [0.1, 0.15) is 18.4 Å². The Morgan fingerprint density at radius 1 is 0.964 bits per heavy atom. The van der Waals surface area contributed by atoms with Gasteiger partial charge >= 0.3 is 0 Å². The highest BCUT2D eigenvalue weighted by molar-refractivity contribution is 7.88. The minimum Gasteiger partial charge on any atom is -0.491 e. The molecular weight excluding hydrogens is 388 g/mol. The second-order valence-electron chi connectivity index (χ2n) is 6.62. The summed E-state index contributed by atoms with van der Waals surface area (Å²) in [4.78, 5) is 0. The third-order valence-corrected chi connectivity index (χ3v) is 6.44. The number of halogens is 2. The molecule has 0 aromatic heterocycles. The van der Waals surface area contributed by atoms with Crippen molar-refractivity contribution < 1.29 is 26.7 Å². The van der Waals surface area contributed by atoms with Crippen molar-refractivity contribution >= 4 is 10.0 Å². The molecule has 0 unspecified atom stereocenters. The monoisotopic (exact) mass is 411 g/mol. The van der Waals surface area contributed by atoms with Crippen molar-refractivity contribution in [2.45, 2.75) is 24.7 Å². The van der Waals surface area contributed by atoms with E-state index in [4.69, 9.17) is 9.47 Å². The molecule has 5 nitrogen and oxygen atoms in total. The van der Waals surface area contributed by atoms with E-state index in [0.717, 1.165) is 0 Å². The highest BCUT2D eigenvalue weighted by Gasteiger charge is 2.29. The standard InChI is InChI=1S/C20H23F2NO4S/c21-17-5-7-18(8-6-17)26-13-14-27-19-9-11-23(12-10-19)28(24,25)15-16-3-1-2-4-20(16)22/h1-8,19H,9-15H2. The molecule has 152 valence electrons. The summed E-state index contributed by atoms with van der Waals surface area (Å²) < 4.78 is 64.2. The van der Waals surface area contributed by atoms with Gasteiger partial charge in [0.1, 0.15) is 24.0 Å². The molecule has 3 rings (SSSR count). The van der Waals surface area contributed by atoms with Crippen LogP contribution in [0.15, 0.2) is 48.5 Å². The molecule has 1 aliphatic rings. The summed E-state index contributed by atoms with van der Waals surface area (Å²) in [5.41, 5.74) is 0.179. The molecule has 1 heterocycles. The number of ether oxygens (including phenoxy) is 2. The van der Waals surface area contributed by atoms with Crippen molar-refractivity contribution in [1.29, 1.82) is 0 Å². The van der Waals surface area contributed by atoms with E-state index >= 15 is 0 Å². The Balaban J connectivity index is 1.40. The summed E-state index contributed by atoms with van der Waals surface area (Å²) in [6.07, 6.45) is 1.11. The molecule has 0 radical (unpaired) electrons. The topological polar surface area (TPSA) is 55.8 Å². The van der Waals surface area contributed by atoms with Crippen molar-refractivity contribution in [2.24, 2.45) is 0 Å². The van der Waals surface area contributed by atoms with Crippen LogP contribution in [0.5, 0.6) is 5.75 Å². The second kappa shape index (κ2) is 9.45. The fourth-order valence-electron chi connectivity index (χ4n) is 3.09. The van der Waals surface area contributed by atoms with Crippen molar-refractivity contribution in [2.75, 3.05) is 26.3 Å². The SMILES string of the molecule is O=S(=O)(Cc1ccccc1F)N1CCC(OCCOc2ccc(F)cc2)CC1. The van der Waals surface area contributed by atoms with Gasteiger partial charge in [0.15, 0.2) is 0 Å². The van der Waals surface area contributed by atoms with Crippen LogP contribution < -0.4 is 4.74 Å². The maximum Gasteiger partial charge on any atom is 0.218 e. The first kappa shape index (κ1) is 20.7. The quantitative estimate of drug-likeness (QED) is 0.625. The predicted molar refractivity (Wildman–Crippen MR) is 101 cm³/mol. The van der Waals surface area contributed by atoms with Crippen molar-refractivity contribution in [1.82, 2.24) is 4.31 Å². The van der Waals surface area contributed by atoms with Crippen molar-refractivity contribution in [3.05, 3.63) is 65.7 Å². The number of sulfonamides is 1. The van der Waals surface area contributed by atoms with Crippen molar-refractivity contribution in [3.8, 4) is 5.75 Å². The second-order valence-corrected chi connectivity index (χ2v) is 8.59. The fourth-order valence-corrected chi connectivity index (χ4v) is 4.66. The zero-order valence-electron chi connectivity index (χ0n) is 15.4. The molecule has 28 heavy (non-hydrogen) atoms. The van der Waals surface area contributed by atoms with Gasteiger partial charge in [-0.25, -0.2) is 21.5 Å². The van der Waals surface area contributed by atoms with Gasteiger partial charge in [0, 0.05) is 18.7 Å². The molecule has 0 saturated carbocycles. The van der Waals surface area contributed by atoms with E-state index in [9.17, 15) is 17.2 Å². The van der Waals surface area contributed by atoms with E-state index in [1.807, 2.05) is 0 Å². The molecule has 1 aliphatic heterocycles. The maximum absolute atomic E-state index is 13.7. The van der Waals surface area contributed by atoms with Crippen molar-refractivity contribution in [3.63, 3.8) is 0 Å². The van der Waals surface area contributed by atoms with Crippen LogP contribution in [0, 0.1) is 11.6 Å². The summed E-state index contributed by atoms with van der Waals surface area (Å²) in [5, 5.41) is 0. The van der Waals surface area contributed by atoms with Crippen LogP contribution in [0.25, 0.3) is 0 Å². The molecule has 2 aromatic rings. The number of hydrogen-bond donors (Lipinski definition) is 0. The molecule has 0 aliphatic carbocycles. The van der Waals surface area contributed by atoms with Gasteiger partial charge in [-0.15, -0.1) is 0 Å². The van der Waals surface area contributed by atoms with Crippen LogP contribution in [-0.4, -0.2) is 45.1 Å². The molecule has 1 saturated heterocycles. The molecule has 0 atom stereocenters. The smallest absolute Gasteiger partial charge is 0.218 e. The van der Waals surface area contributed by atoms with Gasteiger partial charge in [-0.05, 0) is 43.2 Å². The number of nitrogens with zero attached hydrogens (tertiary/aromatic N) is 1. The van der Waals surface area contributed by atoms with E-state index in [1.165, 1.54) is 34.6 Å². The van der Waals surface area contributed by atoms with Crippen LogP contribution >= 0.6 is 0 Å². The van der Waals surface area contributed by atoms with Gasteiger partial charge in [-0.3, -0.25) is 0 Å². The van der Waals surface area contributed by atoms with E-state index in [0.29, 0.717) is 44.9 Å². The Morgan fingerprint density at radius 2 is 1.64 bits per heavy atom. The Bertz CT molecular complexity index is 866. The van der Waals surface area contributed by atoms with Gasteiger partial charge in [-0.2, -0.15) is 0 Å². The highest BCUT2D eigenvalue weighted by Crippen LogP contribution is 2.20. The highest BCUT2D eigenvalue weighted by atomic mass is 32.2. The van der Waals surface area contributed by atoms with Crippen LogP contribution in [0.2, 0.25) is 0 Å². The van der Waals surface area contributed by atoms with E-state index in [2.05, 4.69) is 0 Å². The molecule has 0 bridgehead atoms. The Kier molecular flexibility index (Phi) is 6.98. The minimum atomic E-state index is -3.56. The van der Waals surface area contributed by atoms with Crippen LogP contribution in [0.3, 0.4) is 0 Å². The molecule has 8 heteroatoms. The van der Waals surface area contributed by atoms with Gasteiger partial charge in [0.2, 0.25) is 10.0 Å². The average Bonchev–Trinajstić information content (AvgIpc) is 2.69. The average molecular weight is 411 g/mol. The lowest BCUT2D eigenvalue weighted by atomic mass is 10.1. The third-order valence-electron chi connectivity index (χ3n) is 4.61. The third kappa shape index (κ3) is 5.73. The molecular formula is C20H23F2NO4S. The first-order valence-corrected chi connectivity index (χ1v) is 10.8. The largest absolute Gasteiger partial charge is 0.491 e. The summed E-state index contributed by atoms with van der Waals surface area (Å²) in [6.45, 7) is 1.39. The summed E-state index contributed by atoms with van der Waals surface area (Å²) in [7, 11) is -3.56. The van der Waals surface area contributed by atoms with E-state index < -0.39 is 15.8 Å². The first-order valence-electron chi connectivity index (χ1n) is 9.15. The lowest BCUT2D eigenvalue weighted by Gasteiger charge is -2.31. The molecule has 0 amide bonds. The molecule has 0 spiro atoms. The molecule has 2 aromatic carbocycles. The molecule has 1 fully saturated rings. The Morgan fingerprint density at radius 3 is 2.32 bits per heavy atom. The normalized spacial score (nSPS) is 16.2. The zero-order valence-corrected chi connectivity index (χ0v) is 16.2.